The fourth-order valence-electron chi connectivity index (χ4n) is 0.875. The van der Waals surface area contributed by atoms with E-state index < -0.39 is 0 Å². The lowest BCUT2D eigenvalue weighted by molar-refractivity contribution is 0.454. The summed E-state index contributed by atoms with van der Waals surface area (Å²) in [6.07, 6.45) is 1.57. The van der Waals surface area contributed by atoms with Crippen LogP contribution in [0.15, 0.2) is 55.7 Å². The van der Waals surface area contributed by atoms with Gasteiger partial charge in [0.1, 0.15) is 10.9 Å². The molecule has 13 heavy (non-hydrogen) atoms. The van der Waals surface area contributed by atoms with Crippen molar-refractivity contribution >= 4 is 27.7 Å². The second-order valence-electron chi connectivity index (χ2n) is 2.35. The first kappa shape index (κ1) is 8.84. The van der Waals surface area contributed by atoms with E-state index in [1.54, 1.807) is 6.26 Å². The molecule has 1 heterocycles. The smallest absolute Gasteiger partial charge is 0.261 e. The van der Waals surface area contributed by atoms with E-state index in [0.717, 1.165) is 9.50 Å². The van der Waals surface area contributed by atoms with Gasteiger partial charge in [0.05, 0.1) is 0 Å². The lowest BCUT2D eigenvalue weighted by Gasteiger charge is -1.93. The van der Waals surface area contributed by atoms with Crippen LogP contribution in [0.1, 0.15) is 0 Å². The van der Waals surface area contributed by atoms with Crippen LogP contribution in [0.3, 0.4) is 0 Å². The molecule has 2 nitrogen and oxygen atoms in total. The first-order valence-electron chi connectivity index (χ1n) is 3.68. The van der Waals surface area contributed by atoms with E-state index in [1.165, 1.54) is 11.8 Å². The standard InChI is InChI=1S/C9H6BrNOS/c10-8-6-12-9(11-8)13-7-4-2-1-3-5-7/h1-6H. The topological polar surface area (TPSA) is 26.0 Å². The Hall–Kier alpha value is -0.740. The summed E-state index contributed by atoms with van der Waals surface area (Å²) in [7, 11) is 0. The van der Waals surface area contributed by atoms with Gasteiger partial charge >= 0.3 is 0 Å². The van der Waals surface area contributed by atoms with Crippen molar-refractivity contribution in [3.05, 3.63) is 41.2 Å². The summed E-state index contributed by atoms with van der Waals surface area (Å²) in [4.78, 5) is 5.24. The molecule has 0 aliphatic carbocycles. The largest absolute Gasteiger partial charge is 0.439 e. The zero-order valence-electron chi connectivity index (χ0n) is 6.61. The number of nitrogens with zero attached hydrogens (tertiary/aromatic N) is 1. The molecule has 2 rings (SSSR count). The van der Waals surface area contributed by atoms with Crippen molar-refractivity contribution in [2.75, 3.05) is 0 Å². The average molecular weight is 256 g/mol. The molecule has 4 heteroatoms. The van der Waals surface area contributed by atoms with Crippen molar-refractivity contribution in [2.24, 2.45) is 0 Å². The van der Waals surface area contributed by atoms with Gasteiger partial charge in [0, 0.05) is 4.90 Å². The fourth-order valence-corrected chi connectivity index (χ4v) is 1.98. The molecular formula is C9H6BrNOS. The number of benzene rings is 1. The first-order chi connectivity index (χ1) is 6.34. The van der Waals surface area contributed by atoms with E-state index >= 15 is 0 Å². The van der Waals surface area contributed by atoms with E-state index in [0.29, 0.717) is 5.22 Å². The molecule has 0 N–H and O–H groups in total. The van der Waals surface area contributed by atoms with Gasteiger partial charge in [-0.05, 0) is 39.8 Å². The summed E-state index contributed by atoms with van der Waals surface area (Å²) in [5.41, 5.74) is 0. The summed E-state index contributed by atoms with van der Waals surface area (Å²) in [5, 5.41) is 0.651. The van der Waals surface area contributed by atoms with Crippen molar-refractivity contribution in [3.63, 3.8) is 0 Å². The molecule has 0 radical (unpaired) electrons. The molecule has 0 spiro atoms. The van der Waals surface area contributed by atoms with Crippen LogP contribution < -0.4 is 0 Å². The Morgan fingerprint density at radius 2 is 2.00 bits per heavy atom. The fraction of sp³-hybridized carbons (Fsp3) is 0. The highest BCUT2D eigenvalue weighted by Crippen LogP contribution is 2.27. The number of aromatic nitrogens is 1. The molecule has 0 aliphatic heterocycles. The molecule has 0 saturated carbocycles. The van der Waals surface area contributed by atoms with Gasteiger partial charge < -0.3 is 4.42 Å². The van der Waals surface area contributed by atoms with Gasteiger partial charge in [-0.15, -0.1) is 0 Å². The molecule has 1 aromatic heterocycles. The molecule has 66 valence electrons. The van der Waals surface area contributed by atoms with Gasteiger partial charge in [0.25, 0.3) is 5.22 Å². The van der Waals surface area contributed by atoms with E-state index in [-0.39, 0.29) is 0 Å². The average Bonchev–Trinajstić information content (AvgIpc) is 2.53. The van der Waals surface area contributed by atoms with E-state index in [4.69, 9.17) is 4.42 Å². The number of oxazole rings is 1. The van der Waals surface area contributed by atoms with Crippen molar-refractivity contribution in [2.45, 2.75) is 10.1 Å². The number of rotatable bonds is 2. The minimum Gasteiger partial charge on any atom is -0.439 e. The Balaban J connectivity index is 2.15. The molecule has 0 bridgehead atoms. The van der Waals surface area contributed by atoms with Gasteiger partial charge in [0.15, 0.2) is 0 Å². The minimum absolute atomic E-state index is 0.651. The molecule has 1 aromatic carbocycles. The second-order valence-corrected chi connectivity index (χ2v) is 4.19. The summed E-state index contributed by atoms with van der Waals surface area (Å²) >= 11 is 4.73. The Bertz CT molecular complexity index is 388. The molecule has 2 aromatic rings. The van der Waals surface area contributed by atoms with Crippen LogP contribution in [0.25, 0.3) is 0 Å². The third kappa shape index (κ3) is 2.35. The molecular weight excluding hydrogens is 250 g/mol. The van der Waals surface area contributed by atoms with E-state index in [9.17, 15) is 0 Å². The molecule has 0 fully saturated rings. The van der Waals surface area contributed by atoms with Crippen molar-refractivity contribution in [1.82, 2.24) is 4.98 Å². The minimum atomic E-state index is 0.651. The Labute approximate surface area is 88.5 Å². The Morgan fingerprint density at radius 3 is 2.62 bits per heavy atom. The van der Waals surface area contributed by atoms with Crippen LogP contribution in [0.5, 0.6) is 0 Å². The lowest BCUT2D eigenvalue weighted by Crippen LogP contribution is -1.71. The molecule has 0 unspecified atom stereocenters. The molecule has 0 atom stereocenters. The summed E-state index contributed by atoms with van der Waals surface area (Å²) in [6.45, 7) is 0. The molecule has 0 aliphatic rings. The highest BCUT2D eigenvalue weighted by atomic mass is 79.9. The number of hydrogen-bond donors (Lipinski definition) is 0. The number of halogens is 1. The van der Waals surface area contributed by atoms with Crippen LogP contribution in [-0.2, 0) is 0 Å². The summed E-state index contributed by atoms with van der Waals surface area (Å²) in [5.74, 6) is 0. The zero-order chi connectivity index (χ0) is 9.10. The third-order valence-electron chi connectivity index (χ3n) is 1.40. The Kier molecular flexibility index (Phi) is 2.71. The molecule has 0 amide bonds. The normalized spacial score (nSPS) is 10.2. The molecule has 0 saturated heterocycles. The van der Waals surface area contributed by atoms with Crippen molar-refractivity contribution < 1.29 is 4.42 Å². The van der Waals surface area contributed by atoms with Crippen molar-refractivity contribution in [1.29, 1.82) is 0 Å². The maximum Gasteiger partial charge on any atom is 0.261 e. The quantitative estimate of drug-likeness (QED) is 0.821. The highest BCUT2D eigenvalue weighted by molar-refractivity contribution is 9.10. The van der Waals surface area contributed by atoms with Crippen LogP contribution in [0, 0.1) is 0 Å². The lowest BCUT2D eigenvalue weighted by atomic mass is 10.4. The summed E-state index contributed by atoms with van der Waals surface area (Å²) < 4.78 is 5.90. The summed E-state index contributed by atoms with van der Waals surface area (Å²) in [6, 6.07) is 9.99. The highest BCUT2D eigenvalue weighted by Gasteiger charge is 2.02. The van der Waals surface area contributed by atoms with E-state index in [2.05, 4.69) is 20.9 Å². The van der Waals surface area contributed by atoms with Crippen molar-refractivity contribution in [3.8, 4) is 0 Å². The van der Waals surface area contributed by atoms with Crippen LogP contribution >= 0.6 is 27.7 Å². The third-order valence-corrected chi connectivity index (χ3v) is 2.64. The van der Waals surface area contributed by atoms with Gasteiger partial charge in [-0.25, -0.2) is 0 Å². The predicted octanol–water partition coefficient (Wildman–Crippen LogP) is 3.59. The first-order valence-corrected chi connectivity index (χ1v) is 5.29. The second kappa shape index (κ2) is 3.98. The van der Waals surface area contributed by atoms with Gasteiger partial charge in [-0.2, -0.15) is 4.98 Å². The maximum atomic E-state index is 5.17. The monoisotopic (exact) mass is 255 g/mol. The van der Waals surface area contributed by atoms with Crippen LogP contribution in [-0.4, -0.2) is 4.98 Å². The van der Waals surface area contributed by atoms with Gasteiger partial charge in [-0.3, -0.25) is 0 Å². The van der Waals surface area contributed by atoms with Gasteiger partial charge in [-0.1, -0.05) is 18.2 Å². The number of hydrogen-bond acceptors (Lipinski definition) is 3. The van der Waals surface area contributed by atoms with E-state index in [1.807, 2.05) is 30.3 Å². The maximum absolute atomic E-state index is 5.17. The zero-order valence-corrected chi connectivity index (χ0v) is 9.01. The van der Waals surface area contributed by atoms with Crippen LogP contribution in [0.4, 0.5) is 0 Å². The SMILES string of the molecule is Brc1coc(Sc2ccccc2)n1. The predicted molar refractivity (Wildman–Crippen MR) is 54.8 cm³/mol. The van der Waals surface area contributed by atoms with Crippen LogP contribution in [0.2, 0.25) is 0 Å². The Morgan fingerprint density at radius 1 is 1.23 bits per heavy atom. The van der Waals surface area contributed by atoms with Gasteiger partial charge in [0.2, 0.25) is 0 Å².